The van der Waals surface area contributed by atoms with E-state index in [4.69, 9.17) is 16.3 Å². The summed E-state index contributed by atoms with van der Waals surface area (Å²) in [6, 6.07) is 11.5. The van der Waals surface area contributed by atoms with Crippen LogP contribution in [0.5, 0.6) is 5.88 Å². The quantitative estimate of drug-likeness (QED) is 0.479. The average molecular weight is 434 g/mol. The lowest BCUT2D eigenvalue weighted by atomic mass is 10.0. The molecule has 1 fully saturated rings. The molecule has 1 saturated carbocycles. The fraction of sp³-hybridized carbons (Fsp3) is 0.217. The number of benzene rings is 1. The molecular weight excluding hydrogens is 414 g/mol. The van der Waals surface area contributed by atoms with Crippen molar-refractivity contribution in [2.75, 3.05) is 7.11 Å². The van der Waals surface area contributed by atoms with Gasteiger partial charge in [-0.2, -0.15) is 0 Å². The van der Waals surface area contributed by atoms with Gasteiger partial charge in [0, 0.05) is 28.4 Å². The van der Waals surface area contributed by atoms with E-state index in [1.807, 2.05) is 36.4 Å². The first-order valence-corrected chi connectivity index (χ1v) is 10.3. The zero-order valence-electron chi connectivity index (χ0n) is 16.9. The zero-order valence-corrected chi connectivity index (χ0v) is 17.6. The molecule has 1 aliphatic rings. The van der Waals surface area contributed by atoms with Crippen LogP contribution in [0.2, 0.25) is 5.02 Å². The maximum absolute atomic E-state index is 12.9. The Morgan fingerprint density at radius 1 is 1.19 bits per heavy atom. The van der Waals surface area contributed by atoms with Gasteiger partial charge in [-0.15, -0.1) is 0 Å². The Labute approximate surface area is 183 Å². The molecule has 1 aliphatic carbocycles. The van der Waals surface area contributed by atoms with Gasteiger partial charge in [0.05, 0.1) is 47.9 Å². The molecule has 0 unspecified atom stereocenters. The van der Waals surface area contributed by atoms with E-state index in [-0.39, 0.29) is 5.91 Å². The summed E-state index contributed by atoms with van der Waals surface area (Å²) in [5.41, 5.74) is 3.58. The molecule has 3 aromatic heterocycles. The standard InChI is InChI=1S/C23H20ClN5O2/c1-31-21-13-26-19(12-27-21)16-10-18-14(9-17(16)24)8-15(29-18)11-28-22(30)23(5-6-23)20-4-2-3-7-25-20/h2-4,7-10,12-13,29H,5-6,11H2,1H3,(H,28,30). The largest absolute Gasteiger partial charge is 0.480 e. The third-order valence-corrected chi connectivity index (χ3v) is 5.97. The first-order valence-electron chi connectivity index (χ1n) is 9.96. The number of nitrogens with zero attached hydrogens (tertiary/aromatic N) is 3. The number of aromatic amines is 1. The van der Waals surface area contributed by atoms with Crippen molar-refractivity contribution in [1.29, 1.82) is 0 Å². The first-order chi connectivity index (χ1) is 15.1. The predicted octanol–water partition coefficient (Wildman–Crippen LogP) is 4.03. The van der Waals surface area contributed by atoms with E-state index in [1.54, 1.807) is 25.7 Å². The summed E-state index contributed by atoms with van der Waals surface area (Å²) in [6.45, 7) is 0.400. The summed E-state index contributed by atoms with van der Waals surface area (Å²) in [7, 11) is 1.55. The average Bonchev–Trinajstić information content (AvgIpc) is 3.53. The van der Waals surface area contributed by atoms with E-state index in [9.17, 15) is 4.79 Å². The summed E-state index contributed by atoms with van der Waals surface area (Å²) < 4.78 is 5.06. The molecule has 2 N–H and O–H groups in total. The zero-order chi connectivity index (χ0) is 21.4. The molecule has 0 atom stereocenters. The lowest BCUT2D eigenvalue weighted by Crippen LogP contribution is -2.34. The first kappa shape index (κ1) is 19.5. The van der Waals surface area contributed by atoms with Gasteiger partial charge in [0.25, 0.3) is 0 Å². The number of H-pyrrole nitrogens is 1. The number of pyridine rings is 1. The number of carbonyl (C=O) groups excluding carboxylic acids is 1. The van der Waals surface area contributed by atoms with Crippen molar-refractivity contribution in [3.8, 4) is 17.1 Å². The summed E-state index contributed by atoms with van der Waals surface area (Å²) in [5.74, 6) is 0.454. The van der Waals surface area contributed by atoms with Crippen LogP contribution >= 0.6 is 11.6 Å². The Balaban J connectivity index is 1.35. The van der Waals surface area contributed by atoms with Crippen LogP contribution in [0.3, 0.4) is 0 Å². The van der Waals surface area contributed by atoms with E-state index >= 15 is 0 Å². The van der Waals surface area contributed by atoms with E-state index in [2.05, 4.69) is 25.3 Å². The molecule has 0 bridgehead atoms. The van der Waals surface area contributed by atoms with E-state index < -0.39 is 5.41 Å². The molecule has 156 valence electrons. The third kappa shape index (κ3) is 3.61. The highest BCUT2D eigenvalue weighted by molar-refractivity contribution is 6.34. The molecule has 1 aromatic carbocycles. The molecule has 1 amide bonds. The Morgan fingerprint density at radius 2 is 2.06 bits per heavy atom. The molecule has 4 aromatic rings. The summed E-state index contributed by atoms with van der Waals surface area (Å²) in [5, 5.41) is 4.60. The number of nitrogens with one attached hydrogen (secondary N) is 2. The van der Waals surface area contributed by atoms with Crippen LogP contribution in [0.15, 0.2) is 55.0 Å². The SMILES string of the molecule is COc1cnc(-c2cc3[nH]c(CNC(=O)C4(c5ccccn5)CC4)cc3cc2Cl)cn1. The number of rotatable bonds is 6. The molecule has 0 aliphatic heterocycles. The van der Waals surface area contributed by atoms with Crippen LogP contribution in [0.25, 0.3) is 22.2 Å². The Hall–Kier alpha value is -3.45. The molecular formula is C23H20ClN5O2. The van der Waals surface area contributed by atoms with Crippen LogP contribution in [0, 0.1) is 0 Å². The molecule has 3 heterocycles. The molecule has 7 nitrogen and oxygen atoms in total. The second kappa shape index (κ2) is 7.67. The highest BCUT2D eigenvalue weighted by atomic mass is 35.5. The van der Waals surface area contributed by atoms with Crippen LogP contribution in [-0.4, -0.2) is 33.0 Å². The van der Waals surface area contributed by atoms with E-state index in [0.717, 1.165) is 40.7 Å². The van der Waals surface area contributed by atoms with Gasteiger partial charge in [-0.3, -0.25) is 9.78 Å². The predicted molar refractivity (Wildman–Crippen MR) is 118 cm³/mol. The van der Waals surface area contributed by atoms with Crippen LogP contribution in [0.4, 0.5) is 0 Å². The number of carbonyl (C=O) groups is 1. The molecule has 0 saturated heterocycles. The molecule has 0 radical (unpaired) electrons. The topological polar surface area (TPSA) is 92.8 Å². The van der Waals surface area contributed by atoms with Gasteiger partial charge in [0.1, 0.15) is 0 Å². The number of ether oxygens (including phenoxy) is 1. The van der Waals surface area contributed by atoms with Crippen LogP contribution in [-0.2, 0) is 16.8 Å². The van der Waals surface area contributed by atoms with Gasteiger partial charge < -0.3 is 15.0 Å². The molecule has 5 rings (SSSR count). The maximum atomic E-state index is 12.9. The summed E-state index contributed by atoms with van der Waals surface area (Å²) in [4.78, 5) is 29.2. The van der Waals surface area contributed by atoms with E-state index in [1.165, 1.54) is 0 Å². The fourth-order valence-corrected chi connectivity index (χ4v) is 4.05. The van der Waals surface area contributed by atoms with Crippen LogP contribution < -0.4 is 10.1 Å². The number of fused-ring (bicyclic) bond motifs is 1. The van der Waals surface area contributed by atoms with Gasteiger partial charge in [-0.25, -0.2) is 9.97 Å². The lowest BCUT2D eigenvalue weighted by molar-refractivity contribution is -0.123. The van der Waals surface area contributed by atoms with Crippen molar-refractivity contribution >= 4 is 28.4 Å². The minimum atomic E-state index is -0.489. The van der Waals surface area contributed by atoms with Gasteiger partial charge in [-0.1, -0.05) is 17.7 Å². The summed E-state index contributed by atoms with van der Waals surface area (Å²) >= 11 is 6.49. The van der Waals surface area contributed by atoms with Gasteiger partial charge in [0.15, 0.2) is 0 Å². The summed E-state index contributed by atoms with van der Waals surface area (Å²) in [6.07, 6.45) is 6.56. The van der Waals surface area contributed by atoms with E-state index in [0.29, 0.717) is 23.1 Å². The fourth-order valence-electron chi connectivity index (χ4n) is 3.78. The Morgan fingerprint density at radius 3 is 2.74 bits per heavy atom. The van der Waals surface area contributed by atoms with Crippen molar-refractivity contribution in [3.05, 3.63) is 71.4 Å². The van der Waals surface area contributed by atoms with Crippen molar-refractivity contribution in [2.45, 2.75) is 24.8 Å². The van der Waals surface area contributed by atoms with Crippen molar-refractivity contribution < 1.29 is 9.53 Å². The minimum Gasteiger partial charge on any atom is -0.480 e. The maximum Gasteiger partial charge on any atom is 0.232 e. The van der Waals surface area contributed by atoms with Crippen molar-refractivity contribution in [1.82, 2.24) is 25.3 Å². The highest BCUT2D eigenvalue weighted by Crippen LogP contribution is 2.47. The smallest absolute Gasteiger partial charge is 0.232 e. The monoisotopic (exact) mass is 433 g/mol. The lowest BCUT2D eigenvalue weighted by Gasteiger charge is -2.14. The number of hydrogen-bond donors (Lipinski definition) is 2. The van der Waals surface area contributed by atoms with Gasteiger partial charge in [0.2, 0.25) is 11.8 Å². The molecule has 0 spiro atoms. The number of aromatic nitrogens is 4. The third-order valence-electron chi connectivity index (χ3n) is 5.66. The van der Waals surface area contributed by atoms with Gasteiger partial charge >= 0.3 is 0 Å². The number of amides is 1. The number of hydrogen-bond acceptors (Lipinski definition) is 5. The molecule has 8 heteroatoms. The van der Waals surface area contributed by atoms with Crippen LogP contribution in [0.1, 0.15) is 24.2 Å². The van der Waals surface area contributed by atoms with Crippen molar-refractivity contribution in [2.24, 2.45) is 0 Å². The second-order valence-corrected chi connectivity index (χ2v) is 8.04. The Kier molecular flexibility index (Phi) is 4.82. The van der Waals surface area contributed by atoms with Gasteiger partial charge in [-0.05, 0) is 43.2 Å². The number of halogens is 1. The molecule has 31 heavy (non-hydrogen) atoms. The highest BCUT2D eigenvalue weighted by Gasteiger charge is 2.52. The Bertz CT molecular complexity index is 1250. The second-order valence-electron chi connectivity index (χ2n) is 7.64. The number of methoxy groups -OCH3 is 1. The minimum absolute atomic E-state index is 0.0112. The normalized spacial score (nSPS) is 14.4. The van der Waals surface area contributed by atoms with Crippen molar-refractivity contribution in [3.63, 3.8) is 0 Å².